The lowest BCUT2D eigenvalue weighted by Crippen LogP contribution is -2.12. The van der Waals surface area contributed by atoms with Crippen molar-refractivity contribution >= 4 is 23.4 Å². The highest BCUT2D eigenvalue weighted by Crippen LogP contribution is 2.08. The molecule has 1 atom stereocenters. The van der Waals surface area contributed by atoms with Crippen LogP contribution in [0.25, 0.3) is 0 Å². The van der Waals surface area contributed by atoms with E-state index in [1.165, 1.54) is 5.54 Å². The normalized spacial score (nSPS) is 14.6. The fraction of sp³-hybridized carbons (Fsp3) is 0.667. The van der Waals surface area contributed by atoms with Gasteiger partial charge in [-0.1, -0.05) is 24.6 Å². The fourth-order valence-electron chi connectivity index (χ4n) is 0.324. The highest BCUT2D eigenvalue weighted by molar-refractivity contribution is 8.00. The molecule has 0 aliphatic heterocycles. The zero-order chi connectivity index (χ0) is 7.11. The Labute approximate surface area is 65.6 Å². The molecule has 0 heterocycles. The summed E-state index contributed by atoms with van der Waals surface area (Å²) < 4.78 is 0. The van der Waals surface area contributed by atoms with E-state index in [1.54, 1.807) is 11.8 Å². The SMILES string of the molecule is CC(CN)SCC=CCl. The summed E-state index contributed by atoms with van der Waals surface area (Å²) in [6.07, 6.45) is 1.92. The van der Waals surface area contributed by atoms with Crippen molar-refractivity contribution in [2.45, 2.75) is 12.2 Å². The van der Waals surface area contributed by atoms with Crippen molar-refractivity contribution in [3.8, 4) is 0 Å². The lowest BCUT2D eigenvalue weighted by atomic mass is 10.5. The van der Waals surface area contributed by atoms with Crippen molar-refractivity contribution in [2.24, 2.45) is 5.73 Å². The molecule has 54 valence electrons. The largest absolute Gasteiger partial charge is 0.329 e. The van der Waals surface area contributed by atoms with Crippen molar-refractivity contribution in [1.82, 2.24) is 0 Å². The molecule has 1 nitrogen and oxygen atoms in total. The standard InChI is InChI=1S/C6H12ClNS/c1-6(5-8)9-4-2-3-7/h2-3,6H,4-5,8H2,1H3. The van der Waals surface area contributed by atoms with E-state index in [0.717, 1.165) is 12.3 Å². The van der Waals surface area contributed by atoms with Gasteiger partial charge in [-0.2, -0.15) is 11.8 Å². The Morgan fingerprint density at radius 1 is 1.78 bits per heavy atom. The molecule has 1 unspecified atom stereocenters. The van der Waals surface area contributed by atoms with Crippen LogP contribution in [0.2, 0.25) is 0 Å². The minimum absolute atomic E-state index is 0.540. The first-order valence-corrected chi connectivity index (χ1v) is 4.36. The third kappa shape index (κ3) is 6.22. The highest BCUT2D eigenvalue weighted by Gasteiger charge is 1.94. The van der Waals surface area contributed by atoms with Crippen LogP contribution in [-0.2, 0) is 0 Å². The van der Waals surface area contributed by atoms with E-state index in [4.69, 9.17) is 17.3 Å². The van der Waals surface area contributed by atoms with Crippen molar-refractivity contribution in [2.75, 3.05) is 12.3 Å². The van der Waals surface area contributed by atoms with Gasteiger partial charge in [-0.25, -0.2) is 0 Å². The quantitative estimate of drug-likeness (QED) is 0.688. The van der Waals surface area contributed by atoms with Crippen LogP contribution in [-0.4, -0.2) is 17.5 Å². The van der Waals surface area contributed by atoms with Gasteiger partial charge in [0.05, 0.1) is 0 Å². The first-order chi connectivity index (χ1) is 4.31. The predicted molar refractivity (Wildman–Crippen MR) is 46.0 cm³/mol. The first-order valence-electron chi connectivity index (χ1n) is 2.88. The zero-order valence-corrected chi connectivity index (χ0v) is 7.08. The molecule has 9 heavy (non-hydrogen) atoms. The molecule has 0 saturated heterocycles. The third-order valence-electron chi connectivity index (χ3n) is 0.898. The maximum Gasteiger partial charge on any atom is 0.0145 e. The molecule has 2 N–H and O–H groups in total. The van der Waals surface area contributed by atoms with Gasteiger partial charge >= 0.3 is 0 Å². The van der Waals surface area contributed by atoms with E-state index in [0.29, 0.717) is 5.25 Å². The molecule has 0 bridgehead atoms. The predicted octanol–water partition coefficient (Wildman–Crippen LogP) is 1.82. The lowest BCUT2D eigenvalue weighted by Gasteiger charge is -2.03. The van der Waals surface area contributed by atoms with E-state index in [9.17, 15) is 0 Å². The number of thioether (sulfide) groups is 1. The van der Waals surface area contributed by atoms with Gasteiger partial charge in [-0.05, 0) is 0 Å². The molecule has 0 spiro atoms. The van der Waals surface area contributed by atoms with Gasteiger partial charge in [-0.15, -0.1) is 0 Å². The second kappa shape index (κ2) is 6.46. The summed E-state index contributed by atoms with van der Waals surface area (Å²) in [6, 6.07) is 0. The molecule has 0 aliphatic carbocycles. The Kier molecular flexibility index (Phi) is 6.70. The summed E-state index contributed by atoms with van der Waals surface area (Å²) in [5.74, 6) is 0.960. The molecular weight excluding hydrogens is 154 g/mol. The van der Waals surface area contributed by atoms with Gasteiger partial charge in [-0.3, -0.25) is 0 Å². The van der Waals surface area contributed by atoms with Crippen molar-refractivity contribution in [3.63, 3.8) is 0 Å². The van der Waals surface area contributed by atoms with E-state index in [-0.39, 0.29) is 0 Å². The fourth-order valence-corrected chi connectivity index (χ4v) is 1.19. The second-order valence-corrected chi connectivity index (χ2v) is 3.46. The van der Waals surface area contributed by atoms with Crippen LogP contribution in [0.1, 0.15) is 6.92 Å². The van der Waals surface area contributed by atoms with Gasteiger partial charge in [0.2, 0.25) is 0 Å². The average molecular weight is 166 g/mol. The highest BCUT2D eigenvalue weighted by atomic mass is 35.5. The zero-order valence-electron chi connectivity index (χ0n) is 5.51. The van der Waals surface area contributed by atoms with Crippen molar-refractivity contribution in [1.29, 1.82) is 0 Å². The molecule has 3 heteroatoms. The smallest absolute Gasteiger partial charge is 0.0145 e. The molecule has 0 aliphatic rings. The van der Waals surface area contributed by atoms with Gasteiger partial charge in [0, 0.05) is 23.1 Å². The molecule has 0 amide bonds. The van der Waals surface area contributed by atoms with Gasteiger partial charge < -0.3 is 5.73 Å². The number of hydrogen-bond acceptors (Lipinski definition) is 2. The first kappa shape index (κ1) is 9.34. The average Bonchev–Trinajstić information content (AvgIpc) is 1.89. The Balaban J connectivity index is 3.06. The molecule has 0 saturated carbocycles. The van der Waals surface area contributed by atoms with E-state index in [2.05, 4.69) is 6.92 Å². The molecule has 0 radical (unpaired) electrons. The van der Waals surface area contributed by atoms with Crippen LogP contribution in [0.15, 0.2) is 11.6 Å². The summed E-state index contributed by atoms with van der Waals surface area (Å²) in [5, 5.41) is 0.540. The van der Waals surface area contributed by atoms with Crippen LogP contribution < -0.4 is 5.73 Å². The Morgan fingerprint density at radius 2 is 2.44 bits per heavy atom. The second-order valence-electron chi connectivity index (χ2n) is 1.74. The van der Waals surface area contributed by atoms with Gasteiger partial charge in [0.25, 0.3) is 0 Å². The summed E-state index contributed by atoms with van der Waals surface area (Å²) in [5.41, 5.74) is 6.91. The molecular formula is C6H12ClNS. The minimum atomic E-state index is 0.540. The van der Waals surface area contributed by atoms with Crippen molar-refractivity contribution < 1.29 is 0 Å². The Hall–Kier alpha value is 0.340. The number of rotatable bonds is 4. The molecule has 0 aromatic rings. The Bertz CT molecular complexity index is 85.1. The molecule has 0 aromatic carbocycles. The third-order valence-corrected chi connectivity index (χ3v) is 2.22. The number of halogens is 1. The summed E-state index contributed by atoms with van der Waals surface area (Å²) in [7, 11) is 0. The molecule has 0 fully saturated rings. The van der Waals surface area contributed by atoms with Gasteiger partial charge in [0.1, 0.15) is 0 Å². The molecule has 0 aromatic heterocycles. The lowest BCUT2D eigenvalue weighted by molar-refractivity contribution is 0.953. The monoisotopic (exact) mass is 165 g/mol. The van der Waals surface area contributed by atoms with Crippen LogP contribution in [0, 0.1) is 0 Å². The summed E-state index contributed by atoms with van der Waals surface area (Å²) in [4.78, 5) is 0. The number of nitrogens with two attached hydrogens (primary N) is 1. The summed E-state index contributed by atoms with van der Waals surface area (Å²) >= 11 is 7.11. The molecule has 0 rings (SSSR count). The van der Waals surface area contributed by atoms with Crippen LogP contribution in [0.4, 0.5) is 0 Å². The topological polar surface area (TPSA) is 26.0 Å². The van der Waals surface area contributed by atoms with E-state index >= 15 is 0 Å². The Morgan fingerprint density at radius 3 is 2.89 bits per heavy atom. The van der Waals surface area contributed by atoms with Gasteiger partial charge in [0.15, 0.2) is 0 Å². The van der Waals surface area contributed by atoms with E-state index < -0.39 is 0 Å². The minimum Gasteiger partial charge on any atom is -0.329 e. The maximum absolute atomic E-state index is 5.38. The van der Waals surface area contributed by atoms with Crippen LogP contribution in [0.5, 0.6) is 0 Å². The van der Waals surface area contributed by atoms with Crippen LogP contribution in [0.3, 0.4) is 0 Å². The van der Waals surface area contributed by atoms with Crippen molar-refractivity contribution in [3.05, 3.63) is 11.6 Å². The maximum atomic E-state index is 5.38. The summed E-state index contributed by atoms with van der Waals surface area (Å²) in [6.45, 7) is 2.84. The van der Waals surface area contributed by atoms with E-state index in [1.807, 2.05) is 6.08 Å². The van der Waals surface area contributed by atoms with Crippen LogP contribution >= 0.6 is 23.4 Å². The number of hydrogen-bond donors (Lipinski definition) is 1.